The van der Waals surface area contributed by atoms with E-state index in [1.807, 2.05) is 25.2 Å². The average molecular weight is 310 g/mol. The lowest BCUT2D eigenvalue weighted by Gasteiger charge is -2.20. The van der Waals surface area contributed by atoms with Crippen LogP contribution in [0.3, 0.4) is 0 Å². The van der Waals surface area contributed by atoms with Crippen LogP contribution >= 0.6 is 11.3 Å². The van der Waals surface area contributed by atoms with Crippen LogP contribution in [0.25, 0.3) is 21.0 Å². The van der Waals surface area contributed by atoms with Crippen molar-refractivity contribution in [1.29, 1.82) is 5.26 Å². The second kappa shape index (κ2) is 6.30. The molecule has 0 unspecified atom stereocenters. The standard InChI is InChI=1S/C17H18N4S/c1-19-7-3-8-21(2)17-14-6-9-22-16(14)13-5-4-12(11-18)10-15(13)20-17/h4-6,9-10,19H,3,7-8H2,1-2H3. The Kier molecular flexibility index (Phi) is 4.23. The van der Waals surface area contributed by atoms with Gasteiger partial charge in [0.05, 0.1) is 17.1 Å². The number of fused-ring (bicyclic) bond motifs is 3. The summed E-state index contributed by atoms with van der Waals surface area (Å²) < 4.78 is 1.24. The molecule has 0 saturated carbocycles. The average Bonchev–Trinajstić information content (AvgIpc) is 3.03. The van der Waals surface area contributed by atoms with Crippen LogP contribution in [0.4, 0.5) is 5.82 Å². The van der Waals surface area contributed by atoms with Crippen LogP contribution in [0.2, 0.25) is 0 Å². The van der Waals surface area contributed by atoms with E-state index in [9.17, 15) is 0 Å². The van der Waals surface area contributed by atoms with Crippen molar-refractivity contribution in [3.05, 3.63) is 35.2 Å². The van der Waals surface area contributed by atoms with Gasteiger partial charge in [-0.1, -0.05) is 6.07 Å². The smallest absolute Gasteiger partial charge is 0.137 e. The molecule has 2 heterocycles. The molecule has 0 amide bonds. The lowest BCUT2D eigenvalue weighted by atomic mass is 10.1. The number of nitrogens with zero attached hydrogens (tertiary/aromatic N) is 3. The summed E-state index contributed by atoms with van der Waals surface area (Å²) in [5.74, 6) is 0.995. The molecule has 0 aliphatic heterocycles. The number of aromatic nitrogens is 1. The summed E-state index contributed by atoms with van der Waals surface area (Å²) in [5, 5.41) is 16.7. The van der Waals surface area contributed by atoms with E-state index in [1.165, 1.54) is 10.1 Å². The number of thiophene rings is 1. The van der Waals surface area contributed by atoms with E-state index in [0.29, 0.717) is 5.56 Å². The zero-order valence-electron chi connectivity index (χ0n) is 12.8. The molecule has 3 aromatic rings. The minimum Gasteiger partial charge on any atom is -0.359 e. The molecule has 1 aromatic carbocycles. The van der Waals surface area contributed by atoms with E-state index in [4.69, 9.17) is 10.2 Å². The SMILES string of the molecule is CNCCCN(C)c1nc2cc(C#N)ccc2c2sccc12. The lowest BCUT2D eigenvalue weighted by Crippen LogP contribution is -2.23. The summed E-state index contributed by atoms with van der Waals surface area (Å²) in [4.78, 5) is 7.02. The van der Waals surface area contributed by atoms with Gasteiger partial charge in [-0.3, -0.25) is 0 Å². The third-order valence-electron chi connectivity index (χ3n) is 3.79. The van der Waals surface area contributed by atoms with Gasteiger partial charge >= 0.3 is 0 Å². The van der Waals surface area contributed by atoms with Crippen LogP contribution < -0.4 is 10.2 Å². The largest absolute Gasteiger partial charge is 0.359 e. The van der Waals surface area contributed by atoms with Crippen LogP contribution in [0.1, 0.15) is 12.0 Å². The van der Waals surface area contributed by atoms with Crippen LogP contribution in [-0.4, -0.2) is 32.2 Å². The fourth-order valence-corrected chi connectivity index (χ4v) is 3.57. The second-order valence-corrected chi connectivity index (χ2v) is 6.24. The van der Waals surface area contributed by atoms with Crippen LogP contribution in [0.5, 0.6) is 0 Å². The lowest BCUT2D eigenvalue weighted by molar-refractivity contribution is 0.711. The molecule has 22 heavy (non-hydrogen) atoms. The van der Waals surface area contributed by atoms with Gasteiger partial charge in [-0.2, -0.15) is 5.26 Å². The van der Waals surface area contributed by atoms with Crippen LogP contribution in [-0.2, 0) is 0 Å². The maximum Gasteiger partial charge on any atom is 0.137 e. The van der Waals surface area contributed by atoms with Gasteiger partial charge in [-0.25, -0.2) is 4.98 Å². The monoisotopic (exact) mass is 310 g/mol. The molecule has 112 valence electrons. The summed E-state index contributed by atoms with van der Waals surface area (Å²) in [6.07, 6.45) is 1.07. The number of hydrogen-bond acceptors (Lipinski definition) is 5. The third kappa shape index (κ3) is 2.63. The number of hydrogen-bond donors (Lipinski definition) is 1. The minimum atomic E-state index is 0.652. The molecule has 0 bridgehead atoms. The fourth-order valence-electron chi connectivity index (χ4n) is 2.64. The number of pyridine rings is 1. The van der Waals surface area contributed by atoms with Crippen molar-refractivity contribution in [3.63, 3.8) is 0 Å². The van der Waals surface area contributed by atoms with Crippen molar-refractivity contribution in [2.45, 2.75) is 6.42 Å². The Morgan fingerprint density at radius 3 is 2.95 bits per heavy atom. The molecule has 0 aliphatic rings. The first-order chi connectivity index (χ1) is 10.7. The summed E-state index contributed by atoms with van der Waals surface area (Å²) in [5.41, 5.74) is 1.55. The third-order valence-corrected chi connectivity index (χ3v) is 4.73. The predicted octanol–water partition coefficient (Wildman–Crippen LogP) is 3.37. The van der Waals surface area contributed by atoms with Gasteiger partial charge in [0, 0.05) is 29.1 Å². The van der Waals surface area contributed by atoms with Crippen molar-refractivity contribution in [1.82, 2.24) is 10.3 Å². The highest BCUT2D eigenvalue weighted by molar-refractivity contribution is 7.18. The molecule has 5 heteroatoms. The maximum atomic E-state index is 9.10. The molecule has 3 rings (SSSR count). The van der Waals surface area contributed by atoms with Crippen molar-refractivity contribution in [2.75, 3.05) is 32.1 Å². The van der Waals surface area contributed by atoms with Crippen LogP contribution in [0.15, 0.2) is 29.6 Å². The highest BCUT2D eigenvalue weighted by Crippen LogP contribution is 2.35. The molecule has 4 nitrogen and oxygen atoms in total. The summed E-state index contributed by atoms with van der Waals surface area (Å²) in [7, 11) is 4.05. The molecule has 0 radical (unpaired) electrons. The molecule has 0 spiro atoms. The van der Waals surface area contributed by atoms with Gasteiger partial charge in [0.1, 0.15) is 5.82 Å². The number of benzene rings is 1. The van der Waals surface area contributed by atoms with Gasteiger partial charge in [0.25, 0.3) is 0 Å². The van der Waals surface area contributed by atoms with E-state index in [-0.39, 0.29) is 0 Å². The van der Waals surface area contributed by atoms with Crippen molar-refractivity contribution < 1.29 is 0 Å². The summed E-state index contributed by atoms with van der Waals surface area (Å²) in [6.45, 7) is 1.94. The summed E-state index contributed by atoms with van der Waals surface area (Å²) >= 11 is 1.73. The molecule has 2 aromatic heterocycles. The maximum absolute atomic E-state index is 9.10. The fraction of sp³-hybridized carbons (Fsp3) is 0.294. The van der Waals surface area contributed by atoms with E-state index >= 15 is 0 Å². The number of anilines is 1. The van der Waals surface area contributed by atoms with Crippen molar-refractivity contribution >= 4 is 38.1 Å². The Hall–Kier alpha value is -2.16. The normalized spacial score (nSPS) is 11.0. The van der Waals surface area contributed by atoms with E-state index in [2.05, 4.69) is 34.8 Å². The summed E-state index contributed by atoms with van der Waals surface area (Å²) in [6, 6.07) is 10.1. The first-order valence-corrected chi connectivity index (χ1v) is 8.19. The first-order valence-electron chi connectivity index (χ1n) is 7.31. The Morgan fingerprint density at radius 1 is 1.32 bits per heavy atom. The second-order valence-electron chi connectivity index (χ2n) is 5.32. The predicted molar refractivity (Wildman–Crippen MR) is 93.7 cm³/mol. The highest BCUT2D eigenvalue weighted by atomic mass is 32.1. The quantitative estimate of drug-likeness (QED) is 0.734. The highest BCUT2D eigenvalue weighted by Gasteiger charge is 2.13. The van der Waals surface area contributed by atoms with E-state index in [1.54, 1.807) is 11.3 Å². The minimum absolute atomic E-state index is 0.652. The van der Waals surface area contributed by atoms with Crippen molar-refractivity contribution in [3.8, 4) is 6.07 Å². The van der Waals surface area contributed by atoms with Gasteiger partial charge in [-0.05, 0) is 43.6 Å². The molecule has 0 aliphatic carbocycles. The molecule has 1 N–H and O–H groups in total. The Balaban J connectivity index is 2.11. The molecule has 0 fully saturated rings. The number of rotatable bonds is 5. The van der Waals surface area contributed by atoms with E-state index in [0.717, 1.165) is 36.2 Å². The Bertz CT molecular complexity index is 847. The molecular formula is C17H18N4S. The number of nitrogens with one attached hydrogen (secondary N) is 1. The van der Waals surface area contributed by atoms with Crippen molar-refractivity contribution in [2.24, 2.45) is 0 Å². The molecule has 0 atom stereocenters. The molecule has 0 saturated heterocycles. The topological polar surface area (TPSA) is 52.0 Å². The Morgan fingerprint density at radius 2 is 2.18 bits per heavy atom. The first kappa shape index (κ1) is 14.8. The van der Waals surface area contributed by atoms with Gasteiger partial charge in [-0.15, -0.1) is 11.3 Å². The van der Waals surface area contributed by atoms with Gasteiger partial charge in [0.15, 0.2) is 0 Å². The zero-order valence-corrected chi connectivity index (χ0v) is 13.6. The van der Waals surface area contributed by atoms with Crippen LogP contribution in [0, 0.1) is 11.3 Å². The van der Waals surface area contributed by atoms with Gasteiger partial charge < -0.3 is 10.2 Å². The molecular weight excluding hydrogens is 292 g/mol. The number of nitriles is 1. The zero-order chi connectivity index (χ0) is 15.5. The van der Waals surface area contributed by atoms with Gasteiger partial charge in [0.2, 0.25) is 0 Å². The Labute approximate surface area is 134 Å². The van der Waals surface area contributed by atoms with E-state index < -0.39 is 0 Å².